The van der Waals surface area contributed by atoms with Crippen molar-refractivity contribution in [1.29, 1.82) is 0 Å². The van der Waals surface area contributed by atoms with Gasteiger partial charge in [0.25, 0.3) is 10.4 Å². The summed E-state index contributed by atoms with van der Waals surface area (Å²) in [6.45, 7) is -2.92. The van der Waals surface area contributed by atoms with Crippen LogP contribution in [-0.2, 0) is 10.4 Å². The molecule has 0 aromatic heterocycles. The molecule has 66 valence electrons. The molecular weight excluding hydrogens is 219 g/mol. The monoisotopic (exact) mass is 233 g/mol. The zero-order valence-corrected chi connectivity index (χ0v) is 10.5. The zero-order chi connectivity index (χ0) is 15.2. The molecule has 0 heterocycles. The molecule has 6 heteroatoms. The number of hydrogen-bond acceptors (Lipinski definition) is 4. The van der Waals surface area contributed by atoms with Gasteiger partial charge in [-0.3, -0.25) is 0 Å². The van der Waals surface area contributed by atoms with Crippen LogP contribution in [0, 0.1) is 6.85 Å². The maximum absolute atomic E-state index is 10.4. The first-order chi connectivity index (χ1) is 8.36. The van der Waals surface area contributed by atoms with Crippen LogP contribution >= 0.6 is 0 Å². The molecule has 0 saturated carbocycles. The standard InChI is InChI=1S/C7H8O4S.K/c1-6-2-4-7(5-3-6)11-12(8,9)10;/h2-5H,1H3,(H,8,9,10);/q;+1/p-1/i1D3,2D,3D,4D,5D;. The fourth-order valence-electron chi connectivity index (χ4n) is 0.445. The molecule has 4 nitrogen and oxygen atoms in total. The number of hydrogen-bond donors (Lipinski definition) is 0. The normalized spacial score (nSPS) is 19.0. The summed E-state index contributed by atoms with van der Waals surface area (Å²) in [5.74, 6) is -1.13. The minimum atomic E-state index is -5.30. The van der Waals surface area contributed by atoms with E-state index in [1.165, 1.54) is 0 Å². The van der Waals surface area contributed by atoms with Crippen LogP contribution in [0.15, 0.2) is 24.2 Å². The van der Waals surface area contributed by atoms with E-state index in [1.807, 2.05) is 0 Å². The van der Waals surface area contributed by atoms with Crippen molar-refractivity contribution >= 4 is 10.4 Å². The molecule has 0 aliphatic carbocycles. The summed E-state index contributed by atoms with van der Waals surface area (Å²) in [6.07, 6.45) is 0. The molecule has 0 atom stereocenters. The van der Waals surface area contributed by atoms with E-state index in [1.54, 1.807) is 0 Å². The molecule has 0 spiro atoms. The molecule has 13 heavy (non-hydrogen) atoms. The van der Waals surface area contributed by atoms with Gasteiger partial charge in [0.2, 0.25) is 0 Å². The molecule has 0 aliphatic heterocycles. The van der Waals surface area contributed by atoms with Gasteiger partial charge in [-0.25, -0.2) is 8.42 Å². The fraction of sp³-hybridized carbons (Fsp3) is 0.143. The Morgan fingerprint density at radius 1 is 1.46 bits per heavy atom. The van der Waals surface area contributed by atoms with Crippen LogP contribution in [0.4, 0.5) is 0 Å². The van der Waals surface area contributed by atoms with Gasteiger partial charge in [-0.05, 0) is 18.9 Å². The Bertz CT molecular complexity index is 598. The Kier molecular flexibility index (Phi) is 2.35. The minimum absolute atomic E-state index is 0. The van der Waals surface area contributed by atoms with E-state index in [4.69, 9.17) is 9.60 Å². The molecule has 0 saturated heterocycles. The smallest absolute Gasteiger partial charge is 0.716 e. The molecule has 1 rings (SSSR count). The molecule has 0 unspecified atom stereocenters. The molecular formula is C7H7KO4S. The van der Waals surface area contributed by atoms with Gasteiger partial charge in [-0.1, -0.05) is 17.6 Å². The fourth-order valence-corrected chi connectivity index (χ4v) is 0.732. The first kappa shape index (κ1) is 5.60. The van der Waals surface area contributed by atoms with Gasteiger partial charge in [0.1, 0.15) is 5.75 Å². The van der Waals surface area contributed by atoms with E-state index < -0.39 is 52.7 Å². The summed E-state index contributed by atoms with van der Waals surface area (Å²) in [6, 6.07) is -4.07. The summed E-state index contributed by atoms with van der Waals surface area (Å²) in [7, 11) is -5.30. The molecule has 1 aromatic rings. The molecule has 0 amide bonds. The van der Waals surface area contributed by atoms with Gasteiger partial charge in [-0.2, -0.15) is 0 Å². The summed E-state index contributed by atoms with van der Waals surface area (Å²) in [4.78, 5) is 0. The Labute approximate surface area is 130 Å². The third-order valence-electron chi connectivity index (χ3n) is 0.787. The molecule has 0 radical (unpaired) electrons. The van der Waals surface area contributed by atoms with Gasteiger partial charge in [0, 0.05) is 4.11 Å². The summed E-state index contributed by atoms with van der Waals surface area (Å²) in [5, 5.41) is 0. The van der Waals surface area contributed by atoms with E-state index in [0.29, 0.717) is 0 Å². The van der Waals surface area contributed by atoms with Crippen LogP contribution < -0.4 is 55.6 Å². The molecule has 0 bridgehead atoms. The van der Waals surface area contributed by atoms with E-state index in [0.717, 1.165) is 0 Å². The van der Waals surface area contributed by atoms with Crippen molar-refractivity contribution in [3.63, 3.8) is 0 Å². The molecule has 0 aliphatic rings. The summed E-state index contributed by atoms with van der Waals surface area (Å²) in [5.41, 5.74) is -0.877. The van der Waals surface area contributed by atoms with Crippen molar-refractivity contribution in [3.8, 4) is 5.75 Å². The van der Waals surface area contributed by atoms with E-state index in [9.17, 15) is 13.0 Å². The summed E-state index contributed by atoms with van der Waals surface area (Å²) < 4.78 is 86.0. The van der Waals surface area contributed by atoms with E-state index in [-0.39, 0.29) is 51.4 Å². The Morgan fingerprint density at radius 3 is 2.38 bits per heavy atom. The SMILES string of the molecule is [2H]c1c([2H])c(C([2H])([2H])[2H])c([2H])c([2H])c1OS(=O)(=O)[O-].[K+]. The average Bonchev–Trinajstić information content (AvgIpc) is 2.18. The topological polar surface area (TPSA) is 66.4 Å². The minimum Gasteiger partial charge on any atom is -0.716 e. The Morgan fingerprint density at radius 2 is 2.00 bits per heavy atom. The van der Waals surface area contributed by atoms with E-state index in [2.05, 4.69) is 4.18 Å². The molecule has 0 N–H and O–H groups in total. The Hall–Kier alpha value is 0.566. The van der Waals surface area contributed by atoms with Gasteiger partial charge in [0.15, 0.2) is 0 Å². The molecule has 1 aromatic carbocycles. The van der Waals surface area contributed by atoms with Crippen LogP contribution in [0.5, 0.6) is 5.75 Å². The molecule has 0 fully saturated rings. The predicted molar refractivity (Wildman–Crippen MR) is 41.5 cm³/mol. The second-order valence-corrected chi connectivity index (χ2v) is 2.68. The van der Waals surface area contributed by atoms with Crippen LogP contribution in [-0.4, -0.2) is 13.0 Å². The first-order valence-electron chi connectivity index (χ1n) is 6.12. The van der Waals surface area contributed by atoms with Crippen molar-refractivity contribution < 1.29 is 78.1 Å². The average molecular weight is 233 g/mol. The van der Waals surface area contributed by atoms with Crippen LogP contribution in [0.2, 0.25) is 0 Å². The first-order valence-corrected chi connectivity index (χ1v) is 3.95. The van der Waals surface area contributed by atoms with Gasteiger partial charge in [-0.15, -0.1) is 0 Å². The van der Waals surface area contributed by atoms with Crippen LogP contribution in [0.3, 0.4) is 0 Å². The third-order valence-corrected chi connectivity index (χ3v) is 1.16. The van der Waals surface area contributed by atoms with Gasteiger partial charge < -0.3 is 8.74 Å². The van der Waals surface area contributed by atoms with E-state index >= 15 is 0 Å². The van der Waals surface area contributed by atoms with Crippen molar-refractivity contribution in [1.82, 2.24) is 0 Å². The van der Waals surface area contributed by atoms with Crippen molar-refractivity contribution in [3.05, 3.63) is 29.7 Å². The maximum atomic E-state index is 10.4. The van der Waals surface area contributed by atoms with Gasteiger partial charge >= 0.3 is 51.4 Å². The van der Waals surface area contributed by atoms with Crippen molar-refractivity contribution in [2.75, 3.05) is 0 Å². The predicted octanol–water partition coefficient (Wildman–Crippen LogP) is -2.16. The maximum Gasteiger partial charge on any atom is 1.00 e. The van der Waals surface area contributed by atoms with Gasteiger partial charge in [0.05, 0.1) is 5.48 Å². The largest absolute Gasteiger partial charge is 1.00 e. The number of benzene rings is 1. The van der Waals surface area contributed by atoms with Crippen molar-refractivity contribution in [2.45, 2.75) is 6.85 Å². The second-order valence-electron chi connectivity index (χ2n) is 1.70. The zero-order valence-electron chi connectivity index (χ0n) is 13.5. The van der Waals surface area contributed by atoms with Crippen molar-refractivity contribution in [2.24, 2.45) is 0 Å². The van der Waals surface area contributed by atoms with Crippen LogP contribution in [0.25, 0.3) is 0 Å². The number of rotatable bonds is 2. The second kappa shape index (κ2) is 5.45. The quantitative estimate of drug-likeness (QED) is 0.331. The Balaban J connectivity index is 0.00000361. The summed E-state index contributed by atoms with van der Waals surface area (Å²) >= 11 is 0. The van der Waals surface area contributed by atoms with Crippen LogP contribution in [0.1, 0.15) is 15.2 Å². The third kappa shape index (κ3) is 5.79.